The summed E-state index contributed by atoms with van der Waals surface area (Å²) in [5.74, 6) is 0.357. The van der Waals surface area contributed by atoms with E-state index in [1.165, 1.54) is 0 Å². The first-order valence-corrected chi connectivity index (χ1v) is 4.79. The quantitative estimate of drug-likeness (QED) is 0.643. The fraction of sp³-hybridized carbons (Fsp3) is 0.889. The van der Waals surface area contributed by atoms with Crippen LogP contribution in [-0.2, 0) is 9.53 Å². The van der Waals surface area contributed by atoms with Gasteiger partial charge in [0.25, 0.3) is 0 Å². The topological polar surface area (TPSA) is 64.4 Å². The predicted octanol–water partition coefficient (Wildman–Crippen LogP) is -0.124. The molecule has 0 aromatic heterocycles. The first-order chi connectivity index (χ1) is 6.22. The van der Waals surface area contributed by atoms with Crippen LogP contribution in [0.3, 0.4) is 0 Å². The number of hydrogen-bond donors (Lipinski definition) is 2. The van der Waals surface area contributed by atoms with E-state index in [4.69, 9.17) is 10.5 Å². The minimum atomic E-state index is 0.0912. The summed E-state index contributed by atoms with van der Waals surface area (Å²) in [6.07, 6.45) is 1.45. The molecule has 1 aliphatic heterocycles. The van der Waals surface area contributed by atoms with E-state index in [2.05, 4.69) is 5.32 Å². The molecule has 0 aliphatic carbocycles. The summed E-state index contributed by atoms with van der Waals surface area (Å²) in [6, 6.07) is 0.220. The van der Waals surface area contributed by atoms with Crippen LogP contribution < -0.4 is 11.1 Å². The number of carbonyl (C=O) groups excluding carboxylic acids is 1. The molecule has 1 rings (SSSR count). The van der Waals surface area contributed by atoms with Gasteiger partial charge in [0.05, 0.1) is 12.6 Å². The van der Waals surface area contributed by atoms with Crippen LogP contribution in [0.4, 0.5) is 0 Å². The van der Waals surface area contributed by atoms with Crippen molar-refractivity contribution in [2.24, 2.45) is 11.7 Å². The second kappa shape index (κ2) is 5.19. The van der Waals surface area contributed by atoms with Gasteiger partial charge in [-0.05, 0) is 18.9 Å². The van der Waals surface area contributed by atoms with Gasteiger partial charge in [-0.3, -0.25) is 4.79 Å². The molecule has 0 saturated carbocycles. The Hall–Kier alpha value is -0.610. The minimum Gasteiger partial charge on any atom is -0.379 e. The van der Waals surface area contributed by atoms with Crippen molar-refractivity contribution in [2.45, 2.75) is 25.8 Å². The third-order valence-corrected chi connectivity index (χ3v) is 2.23. The van der Waals surface area contributed by atoms with Crippen molar-refractivity contribution in [3.05, 3.63) is 0 Å². The highest BCUT2D eigenvalue weighted by Crippen LogP contribution is 2.05. The minimum absolute atomic E-state index is 0.0912. The number of carbonyl (C=O) groups is 1. The third-order valence-electron chi connectivity index (χ3n) is 2.23. The molecule has 1 saturated heterocycles. The van der Waals surface area contributed by atoms with Crippen molar-refractivity contribution in [3.8, 4) is 0 Å². The van der Waals surface area contributed by atoms with Crippen molar-refractivity contribution in [3.63, 3.8) is 0 Å². The summed E-state index contributed by atoms with van der Waals surface area (Å²) in [5, 5.41) is 2.92. The first kappa shape index (κ1) is 10.5. The Bertz CT molecular complexity index is 167. The van der Waals surface area contributed by atoms with E-state index >= 15 is 0 Å². The number of rotatable bonds is 4. The van der Waals surface area contributed by atoms with Gasteiger partial charge in [-0.1, -0.05) is 6.92 Å². The Morgan fingerprint density at radius 3 is 3.08 bits per heavy atom. The Kier molecular flexibility index (Phi) is 4.18. The van der Waals surface area contributed by atoms with Gasteiger partial charge in [0.15, 0.2) is 0 Å². The van der Waals surface area contributed by atoms with Crippen molar-refractivity contribution in [1.29, 1.82) is 0 Å². The van der Waals surface area contributed by atoms with Crippen LogP contribution in [-0.4, -0.2) is 31.7 Å². The van der Waals surface area contributed by atoms with E-state index in [9.17, 15) is 4.79 Å². The van der Waals surface area contributed by atoms with Crippen LogP contribution in [0.15, 0.2) is 0 Å². The van der Waals surface area contributed by atoms with E-state index in [-0.39, 0.29) is 17.9 Å². The lowest BCUT2D eigenvalue weighted by atomic mass is 10.1. The fourth-order valence-electron chi connectivity index (χ4n) is 1.33. The average molecular weight is 186 g/mol. The second-order valence-corrected chi connectivity index (χ2v) is 3.67. The van der Waals surface area contributed by atoms with E-state index in [1.54, 1.807) is 0 Å². The molecule has 1 amide bonds. The molecular weight excluding hydrogens is 168 g/mol. The van der Waals surface area contributed by atoms with Crippen LogP contribution >= 0.6 is 0 Å². The molecule has 13 heavy (non-hydrogen) atoms. The van der Waals surface area contributed by atoms with Gasteiger partial charge < -0.3 is 15.8 Å². The van der Waals surface area contributed by atoms with E-state index in [0.29, 0.717) is 19.6 Å². The van der Waals surface area contributed by atoms with Crippen molar-refractivity contribution in [1.82, 2.24) is 5.32 Å². The maximum Gasteiger partial charge on any atom is 0.220 e. The fourth-order valence-corrected chi connectivity index (χ4v) is 1.33. The van der Waals surface area contributed by atoms with Crippen LogP contribution in [0.5, 0.6) is 0 Å². The van der Waals surface area contributed by atoms with Gasteiger partial charge in [-0.2, -0.15) is 0 Å². The molecular formula is C9H18N2O2. The zero-order valence-electron chi connectivity index (χ0n) is 8.08. The standard InChI is InChI=1S/C9H18N2O2/c1-7(5-10)4-9(12)11-8-2-3-13-6-8/h7-8H,2-6,10H2,1H3,(H,11,12). The number of ether oxygens (including phenoxy) is 1. The van der Waals surface area contributed by atoms with Crippen molar-refractivity contribution >= 4 is 5.91 Å². The molecule has 2 unspecified atom stereocenters. The summed E-state index contributed by atoms with van der Waals surface area (Å²) in [5.41, 5.74) is 5.42. The number of hydrogen-bond acceptors (Lipinski definition) is 3. The predicted molar refractivity (Wildman–Crippen MR) is 50.2 cm³/mol. The van der Waals surface area contributed by atoms with Crippen LogP contribution in [0.1, 0.15) is 19.8 Å². The summed E-state index contributed by atoms with van der Waals surface area (Å²) in [6.45, 7) is 3.96. The summed E-state index contributed by atoms with van der Waals surface area (Å²) >= 11 is 0. The molecule has 1 fully saturated rings. The zero-order valence-corrected chi connectivity index (χ0v) is 8.08. The van der Waals surface area contributed by atoms with Gasteiger partial charge in [-0.15, -0.1) is 0 Å². The van der Waals surface area contributed by atoms with Gasteiger partial charge >= 0.3 is 0 Å². The zero-order chi connectivity index (χ0) is 9.68. The molecule has 2 atom stereocenters. The second-order valence-electron chi connectivity index (χ2n) is 3.67. The Morgan fingerprint density at radius 2 is 2.54 bits per heavy atom. The molecule has 1 aliphatic rings. The van der Waals surface area contributed by atoms with Gasteiger partial charge in [0.1, 0.15) is 0 Å². The highest BCUT2D eigenvalue weighted by Gasteiger charge is 2.18. The maximum atomic E-state index is 11.3. The number of amides is 1. The smallest absolute Gasteiger partial charge is 0.220 e. The molecule has 76 valence electrons. The SMILES string of the molecule is CC(CN)CC(=O)NC1CCOC1. The third kappa shape index (κ3) is 3.74. The van der Waals surface area contributed by atoms with Crippen molar-refractivity contribution < 1.29 is 9.53 Å². The van der Waals surface area contributed by atoms with E-state index in [0.717, 1.165) is 13.0 Å². The Balaban J connectivity index is 2.16. The molecule has 3 N–H and O–H groups in total. The maximum absolute atomic E-state index is 11.3. The van der Waals surface area contributed by atoms with Crippen LogP contribution in [0.2, 0.25) is 0 Å². The lowest BCUT2D eigenvalue weighted by Crippen LogP contribution is -2.36. The first-order valence-electron chi connectivity index (χ1n) is 4.79. The molecule has 4 nitrogen and oxygen atoms in total. The molecule has 0 spiro atoms. The number of nitrogens with one attached hydrogen (secondary N) is 1. The molecule has 1 heterocycles. The monoisotopic (exact) mass is 186 g/mol. The van der Waals surface area contributed by atoms with Crippen LogP contribution in [0.25, 0.3) is 0 Å². The molecule has 0 aromatic rings. The average Bonchev–Trinajstić information content (AvgIpc) is 2.56. The highest BCUT2D eigenvalue weighted by molar-refractivity contribution is 5.76. The largest absolute Gasteiger partial charge is 0.379 e. The Labute approximate surface area is 78.8 Å². The molecule has 0 aromatic carbocycles. The van der Waals surface area contributed by atoms with E-state index in [1.807, 2.05) is 6.92 Å². The van der Waals surface area contributed by atoms with E-state index < -0.39 is 0 Å². The normalized spacial score (nSPS) is 24.3. The van der Waals surface area contributed by atoms with Gasteiger partial charge in [0, 0.05) is 13.0 Å². The lowest BCUT2D eigenvalue weighted by Gasteiger charge is -2.12. The highest BCUT2D eigenvalue weighted by atomic mass is 16.5. The van der Waals surface area contributed by atoms with Gasteiger partial charge in [-0.25, -0.2) is 0 Å². The van der Waals surface area contributed by atoms with Gasteiger partial charge in [0.2, 0.25) is 5.91 Å². The molecule has 0 radical (unpaired) electrons. The summed E-state index contributed by atoms with van der Waals surface area (Å²) in [7, 11) is 0. The summed E-state index contributed by atoms with van der Waals surface area (Å²) < 4.78 is 5.15. The number of nitrogens with two attached hydrogens (primary N) is 1. The lowest BCUT2D eigenvalue weighted by molar-refractivity contribution is -0.122. The Morgan fingerprint density at radius 1 is 1.77 bits per heavy atom. The van der Waals surface area contributed by atoms with Crippen molar-refractivity contribution in [2.75, 3.05) is 19.8 Å². The van der Waals surface area contributed by atoms with Crippen LogP contribution in [0, 0.1) is 5.92 Å². The summed E-state index contributed by atoms with van der Waals surface area (Å²) in [4.78, 5) is 11.3. The molecule has 4 heteroatoms. The molecule has 0 bridgehead atoms.